The van der Waals surface area contributed by atoms with Gasteiger partial charge in [-0.05, 0) is 81.1 Å². The molecule has 52 heavy (non-hydrogen) atoms. The molecule has 1 aliphatic heterocycles. The predicted octanol–water partition coefficient (Wildman–Crippen LogP) is 10.0. The highest BCUT2D eigenvalue weighted by Gasteiger charge is 2.51. The van der Waals surface area contributed by atoms with Crippen LogP contribution in [0.4, 0.5) is 0 Å². The third-order valence-electron chi connectivity index (χ3n) is 11.3. The van der Waals surface area contributed by atoms with Gasteiger partial charge in [-0.1, -0.05) is 140 Å². The lowest BCUT2D eigenvalue weighted by atomic mass is 9.66. The van der Waals surface area contributed by atoms with E-state index in [0.717, 1.165) is 57.1 Å². The fourth-order valence-corrected chi connectivity index (χ4v) is 8.96. The van der Waals surface area contributed by atoms with Crippen molar-refractivity contribution in [3.63, 3.8) is 0 Å². The van der Waals surface area contributed by atoms with Gasteiger partial charge in [-0.2, -0.15) is 0 Å². The number of fused-ring (bicyclic) bond motifs is 11. The fourth-order valence-electron chi connectivity index (χ4n) is 8.96. The Morgan fingerprint density at radius 2 is 1.19 bits per heavy atom. The molecule has 0 amide bonds. The van der Waals surface area contributed by atoms with E-state index in [1.54, 1.807) is 0 Å². The van der Waals surface area contributed by atoms with Crippen LogP contribution in [0.2, 0.25) is 0 Å². The first-order valence-electron chi connectivity index (χ1n) is 18.0. The highest BCUT2D eigenvalue weighted by atomic mass is 16.5. The Bertz CT molecular complexity index is 2760. The fraction of sp³-hybridized carbons (Fsp3) is 0.0612. The molecular formula is C49H32N2O. The molecule has 6 aromatic carbocycles. The van der Waals surface area contributed by atoms with Crippen LogP contribution in [0, 0.1) is 5.92 Å². The van der Waals surface area contributed by atoms with Crippen LogP contribution in [0.5, 0.6) is 11.5 Å². The number of benzene rings is 6. The molecule has 3 aliphatic carbocycles. The molecule has 0 saturated carbocycles. The Hall–Kier alpha value is -6.58. The van der Waals surface area contributed by atoms with Gasteiger partial charge in [0.05, 0.1) is 16.8 Å². The summed E-state index contributed by atoms with van der Waals surface area (Å²) in [5.74, 6) is 2.90. The molecule has 1 unspecified atom stereocenters. The van der Waals surface area contributed by atoms with E-state index in [1.165, 1.54) is 38.3 Å². The molecule has 0 fully saturated rings. The Morgan fingerprint density at radius 3 is 1.98 bits per heavy atom. The van der Waals surface area contributed by atoms with Crippen LogP contribution in [0.25, 0.3) is 56.7 Å². The van der Waals surface area contributed by atoms with Gasteiger partial charge in [0, 0.05) is 33.7 Å². The number of nitrogens with zero attached hydrogens (tertiary/aromatic N) is 2. The smallest absolute Gasteiger partial charge is 0.160 e. The van der Waals surface area contributed by atoms with Crippen LogP contribution >= 0.6 is 0 Å². The lowest BCUT2D eigenvalue weighted by Crippen LogP contribution is -2.32. The maximum absolute atomic E-state index is 6.71. The van der Waals surface area contributed by atoms with Crippen molar-refractivity contribution in [2.45, 2.75) is 11.8 Å². The first-order chi connectivity index (χ1) is 25.8. The number of hydrogen-bond donors (Lipinski definition) is 0. The minimum absolute atomic E-state index is 0.445. The summed E-state index contributed by atoms with van der Waals surface area (Å²) in [6.45, 7) is 0. The summed E-state index contributed by atoms with van der Waals surface area (Å²) >= 11 is 0. The van der Waals surface area contributed by atoms with Gasteiger partial charge in [0.15, 0.2) is 5.82 Å². The summed E-state index contributed by atoms with van der Waals surface area (Å²) in [4.78, 5) is 10.5. The molecule has 7 aromatic rings. The van der Waals surface area contributed by atoms with E-state index in [2.05, 4.69) is 158 Å². The predicted molar refractivity (Wildman–Crippen MR) is 209 cm³/mol. The highest BCUT2D eigenvalue weighted by molar-refractivity contribution is 5.89. The van der Waals surface area contributed by atoms with Crippen molar-refractivity contribution in [1.82, 2.24) is 9.97 Å². The third-order valence-corrected chi connectivity index (χ3v) is 11.3. The summed E-state index contributed by atoms with van der Waals surface area (Å²) < 4.78 is 6.71. The standard InChI is InChI=1S/C49H32N2O/c1-2-13-32(14-3-1)48-50-44(34-24-26-37-33(28-34)23-22-31-12-4-5-15-36(31)37)30-45(51-48)35-25-27-47-43(29-35)49(42-20-10-11-21-46(42)52-47)40-18-8-6-16-38(40)39-17-7-9-19-41(39)49/h1-21,23-31H,22H2. The molecule has 244 valence electrons. The Labute approximate surface area is 302 Å². The van der Waals surface area contributed by atoms with E-state index in [4.69, 9.17) is 14.7 Å². The Morgan fingerprint density at radius 1 is 0.538 bits per heavy atom. The summed E-state index contributed by atoms with van der Waals surface area (Å²) in [5.41, 5.74) is 13.0. The third kappa shape index (κ3) is 4.20. The molecule has 11 rings (SSSR count). The van der Waals surface area contributed by atoms with E-state index >= 15 is 0 Å². The summed E-state index contributed by atoms with van der Waals surface area (Å²) in [6.07, 6.45) is 12.2. The first kappa shape index (κ1) is 29.2. The van der Waals surface area contributed by atoms with Gasteiger partial charge in [0.1, 0.15) is 11.5 Å². The minimum Gasteiger partial charge on any atom is -0.457 e. The molecule has 1 spiro atoms. The van der Waals surface area contributed by atoms with Crippen LogP contribution in [0.3, 0.4) is 0 Å². The molecule has 3 nitrogen and oxygen atoms in total. The van der Waals surface area contributed by atoms with Gasteiger partial charge in [0.2, 0.25) is 0 Å². The number of rotatable bonds is 3. The average Bonchev–Trinajstić information content (AvgIpc) is 3.51. The number of para-hydroxylation sites is 1. The zero-order valence-corrected chi connectivity index (χ0v) is 28.3. The van der Waals surface area contributed by atoms with Crippen LogP contribution in [-0.4, -0.2) is 9.97 Å². The Balaban J connectivity index is 1.14. The molecule has 0 radical (unpaired) electrons. The topological polar surface area (TPSA) is 35.0 Å². The summed E-state index contributed by atoms with van der Waals surface area (Å²) in [6, 6.07) is 52.0. The highest BCUT2D eigenvalue weighted by Crippen LogP contribution is 2.62. The quantitative estimate of drug-likeness (QED) is 0.189. The van der Waals surface area contributed by atoms with Gasteiger partial charge < -0.3 is 4.74 Å². The van der Waals surface area contributed by atoms with Gasteiger partial charge in [-0.25, -0.2) is 9.97 Å². The maximum Gasteiger partial charge on any atom is 0.160 e. The zero-order chi connectivity index (χ0) is 34.2. The Kier molecular flexibility index (Phi) is 6.29. The molecule has 1 aromatic heterocycles. The van der Waals surface area contributed by atoms with E-state index in [1.807, 2.05) is 18.2 Å². The van der Waals surface area contributed by atoms with Crippen LogP contribution in [-0.2, 0) is 5.41 Å². The first-order valence-corrected chi connectivity index (χ1v) is 18.0. The SMILES string of the molecule is C1=CC2=c3ccc(-c4cc(-c5ccc6c(c5)C5(c7ccccc7O6)c6ccccc6-c6ccccc65)nc(-c5ccccc5)n4)cc3=CCC2C=C1. The summed E-state index contributed by atoms with van der Waals surface area (Å²) in [7, 11) is 0. The molecule has 3 heteroatoms. The molecular weight excluding hydrogens is 633 g/mol. The molecule has 0 bridgehead atoms. The number of ether oxygens (including phenoxy) is 1. The molecule has 2 heterocycles. The van der Waals surface area contributed by atoms with E-state index in [9.17, 15) is 0 Å². The van der Waals surface area contributed by atoms with Crippen molar-refractivity contribution in [3.8, 4) is 56.5 Å². The van der Waals surface area contributed by atoms with E-state index < -0.39 is 5.41 Å². The number of allylic oxidation sites excluding steroid dienone is 4. The van der Waals surface area contributed by atoms with Crippen molar-refractivity contribution in [1.29, 1.82) is 0 Å². The zero-order valence-electron chi connectivity index (χ0n) is 28.3. The average molecular weight is 665 g/mol. The molecule has 4 aliphatic rings. The number of hydrogen-bond acceptors (Lipinski definition) is 3. The largest absolute Gasteiger partial charge is 0.457 e. The van der Waals surface area contributed by atoms with E-state index in [-0.39, 0.29) is 0 Å². The van der Waals surface area contributed by atoms with Gasteiger partial charge >= 0.3 is 0 Å². The molecule has 1 atom stereocenters. The molecule has 0 saturated heterocycles. The van der Waals surface area contributed by atoms with Gasteiger partial charge in [-0.3, -0.25) is 0 Å². The molecule has 0 N–H and O–H groups in total. The van der Waals surface area contributed by atoms with Crippen LogP contribution in [0.15, 0.2) is 170 Å². The van der Waals surface area contributed by atoms with Crippen molar-refractivity contribution < 1.29 is 4.74 Å². The van der Waals surface area contributed by atoms with Crippen molar-refractivity contribution >= 4 is 11.6 Å². The van der Waals surface area contributed by atoms with E-state index in [0.29, 0.717) is 11.7 Å². The van der Waals surface area contributed by atoms with Gasteiger partial charge in [-0.15, -0.1) is 0 Å². The normalized spacial score (nSPS) is 16.5. The lowest BCUT2D eigenvalue weighted by molar-refractivity contribution is 0.436. The van der Waals surface area contributed by atoms with Crippen LogP contribution in [0.1, 0.15) is 28.7 Å². The second kappa shape index (κ2) is 11.2. The second-order valence-electron chi connectivity index (χ2n) is 14.0. The number of aromatic nitrogens is 2. The van der Waals surface area contributed by atoms with Crippen molar-refractivity contribution in [2.24, 2.45) is 5.92 Å². The monoisotopic (exact) mass is 664 g/mol. The van der Waals surface area contributed by atoms with Crippen molar-refractivity contribution in [2.75, 3.05) is 0 Å². The lowest BCUT2D eigenvalue weighted by Gasteiger charge is -2.39. The minimum atomic E-state index is -0.544. The van der Waals surface area contributed by atoms with Crippen LogP contribution < -0.4 is 15.2 Å². The second-order valence-corrected chi connectivity index (χ2v) is 14.0. The van der Waals surface area contributed by atoms with Crippen molar-refractivity contribution in [3.05, 3.63) is 203 Å². The van der Waals surface area contributed by atoms with Gasteiger partial charge in [0.25, 0.3) is 0 Å². The maximum atomic E-state index is 6.71. The summed E-state index contributed by atoms with van der Waals surface area (Å²) in [5, 5.41) is 2.56.